The molecule has 0 heterocycles. The molecular formula is C14H25FeN2O4S5. The number of nitrogens with zero attached hydrogens (tertiary/aromatic N) is 2. The summed E-state index contributed by atoms with van der Waals surface area (Å²) >= 11 is 23.3. The van der Waals surface area contributed by atoms with E-state index in [2.05, 4.69) is 12.6 Å². The molecular weight excluding hydrogens is 476 g/mol. The Labute approximate surface area is 194 Å². The average Bonchev–Trinajstić information content (AvgIpc) is 2.49. The van der Waals surface area contributed by atoms with E-state index < -0.39 is 23.6 Å². The van der Waals surface area contributed by atoms with Crippen LogP contribution in [-0.4, -0.2) is 72.0 Å². The van der Waals surface area contributed by atoms with Crippen molar-refractivity contribution in [2.24, 2.45) is 0 Å². The normalized spacial score (nSPS) is 9.73. The second-order valence-electron chi connectivity index (χ2n) is 4.30. The van der Waals surface area contributed by atoms with E-state index in [1.54, 1.807) is 0 Å². The molecule has 0 aromatic rings. The van der Waals surface area contributed by atoms with Gasteiger partial charge >= 0.3 is 23.0 Å². The van der Waals surface area contributed by atoms with Crippen LogP contribution in [0.5, 0.6) is 0 Å². The maximum Gasteiger partial charge on any atom is 3.00 e. The zero-order valence-electron chi connectivity index (χ0n) is 15.1. The van der Waals surface area contributed by atoms with Crippen LogP contribution in [0, 0.1) is 0 Å². The van der Waals surface area contributed by atoms with Crippen molar-refractivity contribution in [2.45, 2.75) is 39.4 Å². The molecule has 0 bridgehead atoms. The molecule has 26 heavy (non-hydrogen) atoms. The molecule has 0 rings (SSSR count). The van der Waals surface area contributed by atoms with E-state index in [1.807, 2.05) is 37.5 Å². The van der Waals surface area contributed by atoms with Crippen LogP contribution in [0.25, 0.3) is 0 Å². The van der Waals surface area contributed by atoms with Crippen molar-refractivity contribution in [3.05, 3.63) is 0 Å². The van der Waals surface area contributed by atoms with Crippen molar-refractivity contribution in [3.8, 4) is 0 Å². The minimum atomic E-state index is -1.26. The first-order chi connectivity index (χ1) is 11.5. The van der Waals surface area contributed by atoms with Gasteiger partial charge in [-0.05, 0) is 27.7 Å². The number of carboxylic acids is 2. The second kappa shape index (κ2) is 21.3. The van der Waals surface area contributed by atoms with E-state index in [-0.39, 0.29) is 17.1 Å². The fourth-order valence-electron chi connectivity index (χ4n) is 1.21. The summed E-state index contributed by atoms with van der Waals surface area (Å²) in [5, 5.41) is 14.9. The number of rotatable bonds is 7. The van der Waals surface area contributed by atoms with E-state index in [4.69, 9.17) is 59.9 Å². The molecule has 0 spiro atoms. The first-order valence-corrected chi connectivity index (χ1v) is 9.60. The Morgan fingerprint density at radius 3 is 1.19 bits per heavy atom. The van der Waals surface area contributed by atoms with Gasteiger partial charge in [-0.25, -0.2) is 0 Å². The Kier molecular flexibility index (Phi) is 27.6. The summed E-state index contributed by atoms with van der Waals surface area (Å²) in [5.74, 6) is -2.44. The molecule has 1 unspecified atom stereocenters. The molecule has 0 amide bonds. The number of thiocarbonyl (C=S) groups is 2. The first kappa shape index (κ1) is 33.6. The summed E-state index contributed by atoms with van der Waals surface area (Å²) in [7, 11) is 0. The van der Waals surface area contributed by atoms with E-state index in [0.29, 0.717) is 8.64 Å². The predicted octanol–water partition coefficient (Wildman–Crippen LogP) is 1.78. The van der Waals surface area contributed by atoms with Crippen molar-refractivity contribution >= 4 is 82.9 Å². The third kappa shape index (κ3) is 22.1. The quantitative estimate of drug-likeness (QED) is 0.304. The van der Waals surface area contributed by atoms with E-state index in [1.165, 1.54) is 0 Å². The summed E-state index contributed by atoms with van der Waals surface area (Å²) in [4.78, 5) is 23.6. The van der Waals surface area contributed by atoms with Crippen molar-refractivity contribution in [3.63, 3.8) is 0 Å². The van der Waals surface area contributed by atoms with Crippen LogP contribution in [0.15, 0.2) is 0 Å². The molecule has 2 N–H and O–H groups in total. The summed E-state index contributed by atoms with van der Waals surface area (Å²) in [5.41, 5.74) is 0. The Bertz CT molecular complexity index is 400. The van der Waals surface area contributed by atoms with Crippen molar-refractivity contribution in [1.29, 1.82) is 0 Å². The minimum absolute atomic E-state index is 0. The third-order valence-corrected chi connectivity index (χ3v) is 4.08. The molecule has 0 aliphatic rings. The van der Waals surface area contributed by atoms with Gasteiger partial charge in [-0.3, -0.25) is 9.59 Å². The summed E-state index contributed by atoms with van der Waals surface area (Å²) in [6.07, 6.45) is -0.495. The number of carbonyl (C=O) groups is 2. The Morgan fingerprint density at radius 1 is 0.885 bits per heavy atom. The molecule has 0 aromatic carbocycles. The molecule has 12 heteroatoms. The molecule has 1 atom stereocenters. The maximum atomic E-state index is 9.87. The van der Waals surface area contributed by atoms with Crippen LogP contribution in [0.4, 0.5) is 0 Å². The molecule has 153 valence electrons. The van der Waals surface area contributed by atoms with E-state index in [0.717, 1.165) is 26.2 Å². The molecule has 0 fully saturated rings. The van der Waals surface area contributed by atoms with Crippen molar-refractivity contribution < 1.29 is 36.9 Å². The molecule has 6 nitrogen and oxygen atoms in total. The Morgan fingerprint density at radius 2 is 1.15 bits per heavy atom. The summed E-state index contributed by atoms with van der Waals surface area (Å²) in [6.45, 7) is 11.9. The SMILES string of the molecule is CCN(CC)C(=S)[S-].CCN(CC)C(=S)[S-].O=C(O)CC([S-])C(=O)O.[Fe+3]. The van der Waals surface area contributed by atoms with Gasteiger partial charge in [0, 0.05) is 32.6 Å². The van der Waals surface area contributed by atoms with Gasteiger partial charge in [-0.1, -0.05) is 13.9 Å². The number of carboxylic acid groups (broad SMARTS) is 2. The second-order valence-corrected chi connectivity index (χ2v) is 6.93. The average molecular weight is 502 g/mol. The zero-order valence-corrected chi connectivity index (χ0v) is 20.3. The van der Waals surface area contributed by atoms with Gasteiger partial charge in [0.2, 0.25) is 0 Å². The Hall–Kier alpha value is 0.0295. The van der Waals surface area contributed by atoms with Crippen LogP contribution >= 0.6 is 24.4 Å². The largest absolute Gasteiger partial charge is 3.00 e. The number of hydrogen-bond acceptors (Lipinski definition) is 7. The van der Waals surface area contributed by atoms with Gasteiger partial charge in [0.05, 0.1) is 0 Å². The number of aliphatic carboxylic acids is 2. The molecule has 0 aromatic heterocycles. The first-order valence-electron chi connectivity index (χ1n) is 7.50. The smallest absolute Gasteiger partial charge is 0.778 e. The Balaban J connectivity index is -0.000000137. The molecule has 0 aliphatic carbocycles. The molecule has 0 aliphatic heterocycles. The topological polar surface area (TPSA) is 81.1 Å². The van der Waals surface area contributed by atoms with Crippen molar-refractivity contribution in [2.75, 3.05) is 26.2 Å². The monoisotopic (exact) mass is 501 g/mol. The number of hydrogen-bond donors (Lipinski definition) is 2. The molecule has 0 saturated heterocycles. The van der Waals surface area contributed by atoms with Gasteiger partial charge in [0.1, 0.15) is 0 Å². The van der Waals surface area contributed by atoms with Crippen molar-refractivity contribution in [1.82, 2.24) is 9.80 Å². The van der Waals surface area contributed by atoms with Gasteiger partial charge in [-0.15, -0.1) is 0 Å². The predicted molar refractivity (Wildman–Crippen MR) is 117 cm³/mol. The van der Waals surface area contributed by atoms with Gasteiger partial charge in [0.15, 0.2) is 0 Å². The van der Waals surface area contributed by atoms with Crippen LogP contribution in [0.2, 0.25) is 0 Å². The zero-order chi connectivity index (χ0) is 20.6. The minimum Gasteiger partial charge on any atom is -0.778 e. The van der Waals surface area contributed by atoms with Gasteiger partial charge in [0.25, 0.3) is 5.97 Å². The summed E-state index contributed by atoms with van der Waals surface area (Å²) < 4.78 is 1.16. The van der Waals surface area contributed by atoms with E-state index in [9.17, 15) is 9.59 Å². The van der Waals surface area contributed by atoms with Gasteiger partial charge < -0.3 is 82.3 Å². The van der Waals surface area contributed by atoms with Crippen LogP contribution < -0.4 is 0 Å². The third-order valence-electron chi connectivity index (χ3n) is 2.68. The fraction of sp³-hybridized carbons (Fsp3) is 0.714. The molecule has 0 saturated carbocycles. The van der Waals surface area contributed by atoms with Gasteiger partial charge in [-0.2, -0.15) is 0 Å². The van der Waals surface area contributed by atoms with Crippen LogP contribution in [0.1, 0.15) is 34.1 Å². The van der Waals surface area contributed by atoms with E-state index >= 15 is 0 Å². The summed E-state index contributed by atoms with van der Waals surface area (Å²) in [6, 6.07) is 0. The molecule has 1 radical (unpaired) electrons. The van der Waals surface area contributed by atoms with Crippen LogP contribution in [0.3, 0.4) is 0 Å². The maximum absolute atomic E-state index is 9.87. The fourth-order valence-corrected chi connectivity index (χ4v) is 2.38. The standard InChI is InChI=1S/2C5H11NS2.C4H6O4S.Fe/c2*1-3-6(4-2)5(7)8;5-3(6)1-2(9)4(7)8;/h2*3-4H2,1-2H3,(H,7,8);2,9H,1H2,(H,5,6)(H,7,8);/q;;;+3/p-3. The van der Waals surface area contributed by atoms with Crippen LogP contribution in [-0.2, 0) is 64.5 Å².